The Hall–Kier alpha value is -4.26. The fourth-order valence-electron chi connectivity index (χ4n) is 5.26. The van der Waals surface area contributed by atoms with E-state index in [9.17, 15) is 17.2 Å². The molecule has 0 bridgehead atoms. The maximum absolute atomic E-state index is 14.5. The van der Waals surface area contributed by atoms with Gasteiger partial charge in [-0.1, -0.05) is 27.7 Å². The molecule has 2 aliphatic heterocycles. The number of amidine groups is 1. The monoisotopic (exact) mass is 711 g/mol. The van der Waals surface area contributed by atoms with Crippen LogP contribution in [0.1, 0.15) is 89.6 Å². The molecule has 4 rings (SSSR count). The smallest absolute Gasteiger partial charge is 0.260 e. The lowest BCUT2D eigenvalue weighted by Gasteiger charge is -2.11. The number of aliphatic imine (C=N–C) groups is 2. The number of hydrogen-bond acceptors (Lipinski definition) is 10. The molecule has 49 heavy (non-hydrogen) atoms. The van der Waals surface area contributed by atoms with Crippen LogP contribution in [0.3, 0.4) is 0 Å². The Balaban J connectivity index is 0.000000266. The summed E-state index contributed by atoms with van der Waals surface area (Å²) in [5.74, 6) is -0.807. The molecule has 0 aromatic carbocycles. The molecule has 0 amide bonds. The summed E-state index contributed by atoms with van der Waals surface area (Å²) in [7, 11) is -3.77. The summed E-state index contributed by atoms with van der Waals surface area (Å²) < 4.78 is 73.8. The molecule has 2 fully saturated rings. The van der Waals surface area contributed by atoms with Gasteiger partial charge in [0.1, 0.15) is 24.6 Å². The zero-order valence-electron chi connectivity index (χ0n) is 28.3. The minimum atomic E-state index is -3.77. The lowest BCUT2D eigenvalue weighted by Crippen LogP contribution is -2.18. The van der Waals surface area contributed by atoms with Crippen LogP contribution < -0.4 is 0 Å². The molecule has 17 nitrogen and oxygen atoms in total. The average Bonchev–Trinajstić information content (AvgIpc) is 3.85. The molecule has 4 heterocycles. The van der Waals surface area contributed by atoms with Gasteiger partial charge in [0.15, 0.2) is 11.6 Å². The van der Waals surface area contributed by atoms with E-state index in [-0.39, 0.29) is 60.7 Å². The van der Waals surface area contributed by atoms with Gasteiger partial charge in [-0.3, -0.25) is 10.8 Å². The molecular weight excluding hydrogens is 668 g/mol. The largest absolute Gasteiger partial charge is 0.475 e. The zero-order chi connectivity index (χ0) is 36.5. The van der Waals surface area contributed by atoms with Gasteiger partial charge >= 0.3 is 0 Å². The van der Waals surface area contributed by atoms with Crippen LogP contribution in [0.15, 0.2) is 27.5 Å². The lowest BCUT2D eigenvalue weighted by molar-refractivity contribution is 0.0208. The molecule has 2 aliphatic rings. The molecule has 8 atom stereocenters. The third-order valence-electron chi connectivity index (χ3n) is 7.88. The molecule has 270 valence electrons. The number of aromatic amines is 2. The number of alkyl halides is 2. The van der Waals surface area contributed by atoms with Gasteiger partial charge in [-0.25, -0.2) is 27.2 Å². The fourth-order valence-corrected chi connectivity index (χ4v) is 5.50. The van der Waals surface area contributed by atoms with E-state index in [1.54, 1.807) is 20.8 Å². The highest BCUT2D eigenvalue weighted by molar-refractivity contribution is 8.05. The summed E-state index contributed by atoms with van der Waals surface area (Å²) in [6.07, 6.45) is 1.03. The maximum Gasteiger partial charge on any atom is 0.260 e. The van der Waals surface area contributed by atoms with Crippen molar-refractivity contribution in [3.05, 3.63) is 45.9 Å². The van der Waals surface area contributed by atoms with Crippen molar-refractivity contribution < 1.29 is 36.1 Å². The first kappa shape index (κ1) is 39.2. The Morgan fingerprint density at radius 2 is 1.33 bits per heavy atom. The van der Waals surface area contributed by atoms with Crippen molar-refractivity contribution in [2.45, 2.75) is 91.1 Å². The number of H-pyrrole nitrogens is 2. The SMILES string of the molecule is CCOC(=NC(=N)N=[N+]=[N-])c1ncc([C@@H]2O[C@H](CC)[C@@H](C)[C@H]2F)[nH]1.CCOC(=NC(=N)S(C)(=O)=O)c1ncc([C@@H]2O[C@H](CC)[C@@H](C)[C@H]2F)[nH]1. The van der Waals surface area contributed by atoms with E-state index >= 15 is 0 Å². The number of ether oxygens (including phenoxy) is 4. The second kappa shape index (κ2) is 17.4. The van der Waals surface area contributed by atoms with Crippen LogP contribution in [-0.4, -0.2) is 95.3 Å². The summed E-state index contributed by atoms with van der Waals surface area (Å²) in [5, 5.41) is 17.1. The summed E-state index contributed by atoms with van der Waals surface area (Å²) in [6.45, 7) is 11.4. The first-order valence-corrected chi connectivity index (χ1v) is 17.6. The van der Waals surface area contributed by atoms with Gasteiger partial charge in [0.25, 0.3) is 11.8 Å². The van der Waals surface area contributed by atoms with Crippen LogP contribution >= 0.6 is 0 Å². The van der Waals surface area contributed by atoms with Crippen molar-refractivity contribution in [3.63, 3.8) is 0 Å². The fraction of sp³-hybridized carbons (Fsp3) is 0.655. The van der Waals surface area contributed by atoms with E-state index < -0.39 is 45.5 Å². The molecule has 2 saturated heterocycles. The highest BCUT2D eigenvalue weighted by Gasteiger charge is 2.44. The van der Waals surface area contributed by atoms with Crippen molar-refractivity contribution in [2.24, 2.45) is 26.9 Å². The number of guanidine groups is 1. The van der Waals surface area contributed by atoms with Gasteiger partial charge in [-0.15, -0.1) is 0 Å². The highest BCUT2D eigenvalue weighted by Crippen LogP contribution is 2.41. The normalized spacial score (nSPS) is 27.2. The van der Waals surface area contributed by atoms with Crippen LogP contribution in [-0.2, 0) is 28.8 Å². The molecule has 4 N–H and O–H groups in total. The molecule has 2 aromatic rings. The van der Waals surface area contributed by atoms with Crippen LogP contribution in [0, 0.1) is 22.7 Å². The number of imidazole rings is 2. The standard InChI is InChI=1S/C15H23FN4O4S.C14H20FN7O2/c1-5-10-8(3)11(16)12(24-10)9-7-18-13(19-9)14(23-6-2)20-15(17)25(4,21)22;1-4-9-7(3)10(15)11(24-9)8-6-18-12(19-8)13(23-5-2)20-14(16)21-22-17/h7-8,10-12,17H,5-6H2,1-4H3,(H,18,19);6-7,9-11,16H,4-5H2,1-3H3,(H,18,19)/t8-,10-,11-,12+;7-,9-,10-,11+/m11/s1. The Labute approximate surface area is 282 Å². The van der Waals surface area contributed by atoms with Crippen LogP contribution in [0.25, 0.3) is 10.4 Å². The van der Waals surface area contributed by atoms with Gasteiger partial charge in [0.2, 0.25) is 21.0 Å². The van der Waals surface area contributed by atoms with Gasteiger partial charge in [0.05, 0.1) is 49.2 Å². The van der Waals surface area contributed by atoms with E-state index in [0.29, 0.717) is 17.8 Å². The number of nitrogens with one attached hydrogen (secondary N) is 4. The van der Waals surface area contributed by atoms with Crippen LogP contribution in [0.2, 0.25) is 0 Å². The van der Waals surface area contributed by atoms with Crippen LogP contribution in [0.5, 0.6) is 0 Å². The molecular formula is C29H43F2N11O6S. The van der Waals surface area contributed by atoms with Crippen molar-refractivity contribution >= 4 is 32.8 Å². The van der Waals surface area contributed by atoms with Crippen LogP contribution in [0.4, 0.5) is 8.78 Å². The number of azide groups is 1. The van der Waals surface area contributed by atoms with E-state index in [1.165, 1.54) is 12.4 Å². The Bertz CT molecular complexity index is 1670. The van der Waals surface area contributed by atoms with E-state index in [4.69, 9.17) is 35.3 Å². The highest BCUT2D eigenvalue weighted by atomic mass is 32.2. The first-order valence-electron chi connectivity index (χ1n) is 15.7. The van der Waals surface area contributed by atoms with Crippen molar-refractivity contribution in [2.75, 3.05) is 19.5 Å². The third kappa shape index (κ3) is 9.68. The van der Waals surface area contributed by atoms with Crippen molar-refractivity contribution in [1.82, 2.24) is 19.9 Å². The summed E-state index contributed by atoms with van der Waals surface area (Å²) in [5.41, 5.74) is 9.22. The van der Waals surface area contributed by atoms with Crippen molar-refractivity contribution in [1.29, 1.82) is 10.8 Å². The third-order valence-corrected chi connectivity index (χ3v) is 8.67. The van der Waals surface area contributed by atoms with Gasteiger partial charge in [-0.05, 0) is 37.3 Å². The Kier molecular flexibility index (Phi) is 13.9. The van der Waals surface area contributed by atoms with E-state index in [2.05, 4.69) is 39.9 Å². The first-order chi connectivity index (χ1) is 23.2. The van der Waals surface area contributed by atoms with E-state index in [1.807, 2.05) is 20.8 Å². The second-order valence-corrected chi connectivity index (χ2v) is 13.2. The topological polar surface area (TPSA) is 250 Å². The molecule has 0 unspecified atom stereocenters. The number of aromatic nitrogens is 4. The summed E-state index contributed by atoms with van der Waals surface area (Å²) in [6, 6.07) is 0. The number of hydrogen-bond donors (Lipinski definition) is 4. The molecule has 2 aromatic heterocycles. The van der Waals surface area contributed by atoms with Gasteiger partial charge in [0, 0.05) is 23.0 Å². The Morgan fingerprint density at radius 1 is 0.898 bits per heavy atom. The molecule has 0 radical (unpaired) electrons. The quantitative estimate of drug-likeness (QED) is 0.0922. The number of rotatable bonds is 8. The number of nitrogens with zero attached hydrogens (tertiary/aromatic N) is 7. The minimum absolute atomic E-state index is 0.00496. The predicted molar refractivity (Wildman–Crippen MR) is 177 cm³/mol. The number of halogens is 2. The summed E-state index contributed by atoms with van der Waals surface area (Å²) in [4.78, 5) is 23.9. The van der Waals surface area contributed by atoms with Gasteiger partial charge in [-0.2, -0.15) is 9.98 Å². The minimum Gasteiger partial charge on any atom is -0.475 e. The second-order valence-electron chi connectivity index (χ2n) is 11.3. The zero-order valence-corrected chi connectivity index (χ0v) is 29.2. The average molecular weight is 712 g/mol. The molecule has 0 spiro atoms. The molecule has 0 saturated carbocycles. The lowest BCUT2D eigenvalue weighted by atomic mass is 9.97. The predicted octanol–water partition coefficient (Wildman–Crippen LogP) is 5.26. The van der Waals surface area contributed by atoms with Crippen molar-refractivity contribution in [3.8, 4) is 0 Å². The maximum atomic E-state index is 14.5. The molecule has 20 heteroatoms. The number of sulfone groups is 1. The Morgan fingerprint density at radius 3 is 1.67 bits per heavy atom. The summed E-state index contributed by atoms with van der Waals surface area (Å²) >= 11 is 0. The van der Waals surface area contributed by atoms with Gasteiger partial charge < -0.3 is 28.9 Å². The molecule has 0 aliphatic carbocycles. The van der Waals surface area contributed by atoms with E-state index in [0.717, 1.165) is 12.7 Å².